The first kappa shape index (κ1) is 21.0. The van der Waals surface area contributed by atoms with Gasteiger partial charge in [-0.3, -0.25) is 0 Å². The summed E-state index contributed by atoms with van der Waals surface area (Å²) < 4.78 is 10.8. The predicted octanol–water partition coefficient (Wildman–Crippen LogP) is 1.29. The van der Waals surface area contributed by atoms with Crippen LogP contribution in [0.1, 0.15) is 29.2 Å². The summed E-state index contributed by atoms with van der Waals surface area (Å²) in [5.74, 6) is 0.498. The Balaban J connectivity index is 2.20. The lowest BCUT2D eigenvalue weighted by atomic mass is 10.0. The van der Waals surface area contributed by atoms with Crippen LogP contribution >= 0.6 is 0 Å². The molecule has 2 aromatic carbocycles. The van der Waals surface area contributed by atoms with Gasteiger partial charge < -0.3 is 35.0 Å². The molecule has 2 rings (SSSR count). The van der Waals surface area contributed by atoms with Crippen LogP contribution in [0.25, 0.3) is 0 Å². The van der Waals surface area contributed by atoms with E-state index in [2.05, 4.69) is 0 Å². The van der Waals surface area contributed by atoms with E-state index in [1.54, 1.807) is 12.1 Å². The van der Waals surface area contributed by atoms with Crippen LogP contribution in [0, 0.1) is 0 Å². The summed E-state index contributed by atoms with van der Waals surface area (Å²) in [5.41, 5.74) is 1.89. The molecule has 0 fully saturated rings. The quantitative estimate of drug-likeness (QED) is 0.423. The molecular formula is C20H26O7. The van der Waals surface area contributed by atoms with Gasteiger partial charge in [0.1, 0.15) is 11.9 Å². The Morgan fingerprint density at radius 3 is 2.41 bits per heavy atom. The third kappa shape index (κ3) is 5.33. The van der Waals surface area contributed by atoms with Crippen molar-refractivity contribution in [1.29, 1.82) is 0 Å². The van der Waals surface area contributed by atoms with Crippen molar-refractivity contribution >= 4 is 0 Å². The third-order valence-electron chi connectivity index (χ3n) is 4.27. The lowest BCUT2D eigenvalue weighted by molar-refractivity contribution is -0.000351. The van der Waals surface area contributed by atoms with Gasteiger partial charge in [0.25, 0.3) is 0 Å². The standard InChI is InChI=1S/C20H26O7/c1-26-18-10-14(5-6-16(18)24)20(25)19(12-23)27-17-7-4-13(3-2-8-21)9-15(17)11-22/h4-7,9-10,19-25H,2-3,8,11-12H2,1H3. The fraction of sp³-hybridized carbons (Fsp3) is 0.400. The van der Waals surface area contributed by atoms with Crippen molar-refractivity contribution in [2.24, 2.45) is 0 Å². The Kier molecular flexibility index (Phi) is 7.87. The molecule has 7 nitrogen and oxygen atoms in total. The smallest absolute Gasteiger partial charge is 0.160 e. The molecule has 0 aliphatic rings. The molecule has 0 amide bonds. The van der Waals surface area contributed by atoms with Crippen LogP contribution in [0.5, 0.6) is 17.2 Å². The Bertz CT molecular complexity index is 732. The molecule has 27 heavy (non-hydrogen) atoms. The van der Waals surface area contributed by atoms with Crippen LogP contribution in [0.2, 0.25) is 0 Å². The molecule has 0 radical (unpaired) electrons. The maximum Gasteiger partial charge on any atom is 0.160 e. The van der Waals surface area contributed by atoms with Gasteiger partial charge >= 0.3 is 0 Å². The summed E-state index contributed by atoms with van der Waals surface area (Å²) in [6, 6.07) is 9.63. The minimum absolute atomic E-state index is 0.0593. The zero-order valence-corrected chi connectivity index (χ0v) is 15.2. The van der Waals surface area contributed by atoms with Gasteiger partial charge in [-0.15, -0.1) is 0 Å². The maximum atomic E-state index is 10.6. The average molecular weight is 378 g/mol. The van der Waals surface area contributed by atoms with Crippen LogP contribution < -0.4 is 9.47 Å². The lowest BCUT2D eigenvalue weighted by Crippen LogP contribution is -2.29. The molecular weight excluding hydrogens is 352 g/mol. The third-order valence-corrected chi connectivity index (χ3v) is 4.27. The van der Waals surface area contributed by atoms with Gasteiger partial charge in [0, 0.05) is 12.2 Å². The average Bonchev–Trinajstić information content (AvgIpc) is 2.70. The molecule has 0 aromatic heterocycles. The first-order valence-corrected chi connectivity index (χ1v) is 8.70. The molecule has 5 N–H and O–H groups in total. The second kappa shape index (κ2) is 10.1. The van der Waals surface area contributed by atoms with Crippen molar-refractivity contribution < 1.29 is 35.0 Å². The molecule has 0 saturated heterocycles. The fourth-order valence-electron chi connectivity index (χ4n) is 2.77. The highest BCUT2D eigenvalue weighted by Crippen LogP contribution is 2.32. The summed E-state index contributed by atoms with van der Waals surface area (Å²) in [6.45, 7) is -0.632. The van der Waals surface area contributed by atoms with E-state index in [1.807, 2.05) is 6.07 Å². The topological polar surface area (TPSA) is 120 Å². The Morgan fingerprint density at radius 1 is 1.00 bits per heavy atom. The number of hydrogen-bond acceptors (Lipinski definition) is 7. The van der Waals surface area contributed by atoms with Crippen LogP contribution in [0.15, 0.2) is 36.4 Å². The van der Waals surface area contributed by atoms with Crippen molar-refractivity contribution in [3.05, 3.63) is 53.1 Å². The number of aromatic hydroxyl groups is 1. The van der Waals surface area contributed by atoms with E-state index in [0.717, 1.165) is 5.56 Å². The van der Waals surface area contributed by atoms with Crippen LogP contribution in [-0.2, 0) is 13.0 Å². The second-order valence-electron chi connectivity index (χ2n) is 6.14. The Morgan fingerprint density at radius 2 is 1.78 bits per heavy atom. The minimum atomic E-state index is -1.18. The van der Waals surface area contributed by atoms with E-state index in [4.69, 9.17) is 14.6 Å². The molecule has 2 unspecified atom stereocenters. The highest BCUT2D eigenvalue weighted by Gasteiger charge is 2.24. The number of phenolic OH excluding ortho intramolecular Hbond substituents is 1. The van der Waals surface area contributed by atoms with Crippen LogP contribution in [-0.4, -0.2) is 52.0 Å². The van der Waals surface area contributed by atoms with Gasteiger partial charge in [-0.1, -0.05) is 12.1 Å². The van der Waals surface area contributed by atoms with E-state index in [-0.39, 0.29) is 24.7 Å². The predicted molar refractivity (Wildman–Crippen MR) is 98.9 cm³/mol. The second-order valence-corrected chi connectivity index (χ2v) is 6.14. The molecule has 0 saturated carbocycles. The van der Waals surface area contributed by atoms with Gasteiger partial charge in [0.2, 0.25) is 0 Å². The lowest BCUT2D eigenvalue weighted by Gasteiger charge is -2.24. The van der Waals surface area contributed by atoms with Gasteiger partial charge in [-0.25, -0.2) is 0 Å². The van der Waals surface area contributed by atoms with Gasteiger partial charge in [0.15, 0.2) is 17.6 Å². The molecule has 148 valence electrons. The normalized spacial score (nSPS) is 13.2. The molecule has 2 atom stereocenters. The summed E-state index contributed by atoms with van der Waals surface area (Å²) >= 11 is 0. The number of aryl methyl sites for hydroxylation is 1. The molecule has 2 aromatic rings. The first-order valence-electron chi connectivity index (χ1n) is 8.70. The fourth-order valence-corrected chi connectivity index (χ4v) is 2.77. The van der Waals surface area contributed by atoms with Crippen molar-refractivity contribution in [3.63, 3.8) is 0 Å². The number of benzene rings is 2. The number of hydrogen-bond donors (Lipinski definition) is 5. The number of phenols is 1. The zero-order chi connectivity index (χ0) is 19.8. The number of aliphatic hydroxyl groups is 4. The Hall–Kier alpha value is -2.32. The SMILES string of the molecule is COc1cc(C(O)C(CO)Oc2ccc(CCCO)cc2CO)ccc1O. The van der Waals surface area contributed by atoms with Crippen molar-refractivity contribution in [2.45, 2.75) is 31.7 Å². The molecule has 0 bridgehead atoms. The van der Waals surface area contributed by atoms with E-state index >= 15 is 0 Å². The zero-order valence-electron chi connectivity index (χ0n) is 15.2. The van der Waals surface area contributed by atoms with E-state index in [0.29, 0.717) is 29.7 Å². The molecule has 0 aliphatic heterocycles. The first-order chi connectivity index (χ1) is 13.0. The number of aliphatic hydroxyl groups excluding tert-OH is 4. The van der Waals surface area contributed by atoms with Gasteiger partial charge in [0.05, 0.1) is 20.3 Å². The van der Waals surface area contributed by atoms with Crippen LogP contribution in [0.3, 0.4) is 0 Å². The van der Waals surface area contributed by atoms with E-state index < -0.39 is 18.8 Å². The monoisotopic (exact) mass is 378 g/mol. The van der Waals surface area contributed by atoms with Gasteiger partial charge in [-0.05, 0) is 48.2 Å². The van der Waals surface area contributed by atoms with Crippen molar-refractivity contribution in [3.8, 4) is 17.2 Å². The highest BCUT2D eigenvalue weighted by atomic mass is 16.5. The number of rotatable bonds is 10. The molecule has 7 heteroatoms. The largest absolute Gasteiger partial charge is 0.504 e. The van der Waals surface area contributed by atoms with Crippen molar-refractivity contribution in [1.82, 2.24) is 0 Å². The minimum Gasteiger partial charge on any atom is -0.504 e. The number of ether oxygens (including phenoxy) is 2. The molecule has 0 heterocycles. The van der Waals surface area contributed by atoms with E-state index in [9.17, 15) is 20.4 Å². The summed E-state index contributed by atoms with van der Waals surface area (Å²) in [4.78, 5) is 0. The summed E-state index contributed by atoms with van der Waals surface area (Å²) in [5, 5.41) is 48.5. The summed E-state index contributed by atoms with van der Waals surface area (Å²) in [6.07, 6.45) is -0.868. The summed E-state index contributed by atoms with van der Waals surface area (Å²) in [7, 11) is 1.40. The van der Waals surface area contributed by atoms with Crippen molar-refractivity contribution in [2.75, 3.05) is 20.3 Å². The Labute approximate surface area is 158 Å². The van der Waals surface area contributed by atoms with Gasteiger partial charge in [-0.2, -0.15) is 0 Å². The maximum absolute atomic E-state index is 10.6. The van der Waals surface area contributed by atoms with E-state index in [1.165, 1.54) is 25.3 Å². The molecule has 0 spiro atoms. The number of methoxy groups -OCH3 is 1. The molecule has 0 aliphatic carbocycles. The highest BCUT2D eigenvalue weighted by molar-refractivity contribution is 5.43. The van der Waals surface area contributed by atoms with Crippen LogP contribution in [0.4, 0.5) is 0 Å².